The number of hydrogen-bond donors (Lipinski definition) is 1. The molecule has 0 aromatic rings. The van der Waals surface area contributed by atoms with Crippen molar-refractivity contribution in [2.75, 3.05) is 0 Å². The van der Waals surface area contributed by atoms with E-state index in [1.165, 1.54) is 12.5 Å². The summed E-state index contributed by atoms with van der Waals surface area (Å²) in [6.45, 7) is 5.89. The van der Waals surface area contributed by atoms with Crippen LogP contribution in [-0.2, 0) is 9.59 Å². The van der Waals surface area contributed by atoms with Gasteiger partial charge in [-0.05, 0) is 74.0 Å². The first-order chi connectivity index (χ1) is 12.1. The maximum atomic E-state index is 12.3. The monoisotopic (exact) mass is 372 g/mol. The minimum atomic E-state index is -1.22. The lowest BCUT2D eigenvalue weighted by Gasteiger charge is -2.56. The molecule has 4 heteroatoms. The van der Waals surface area contributed by atoms with Gasteiger partial charge in [0.2, 0.25) is 0 Å². The molecular formula is C22H25ClO3. The molecule has 0 spiro atoms. The summed E-state index contributed by atoms with van der Waals surface area (Å²) in [6.07, 6.45) is 7.91. The highest BCUT2D eigenvalue weighted by Crippen LogP contribution is 2.70. The van der Waals surface area contributed by atoms with Gasteiger partial charge in [0.15, 0.2) is 11.6 Å². The molecule has 5 rings (SSSR count). The van der Waals surface area contributed by atoms with E-state index < -0.39 is 11.0 Å². The van der Waals surface area contributed by atoms with E-state index in [2.05, 4.69) is 19.9 Å². The Morgan fingerprint density at radius 3 is 2.62 bits per heavy atom. The van der Waals surface area contributed by atoms with Gasteiger partial charge in [-0.25, -0.2) is 0 Å². The third kappa shape index (κ3) is 1.70. The Labute approximate surface area is 159 Å². The third-order valence-corrected chi connectivity index (χ3v) is 9.09. The molecule has 3 nitrogen and oxygen atoms in total. The lowest BCUT2D eigenvalue weighted by atomic mass is 9.48. The Morgan fingerprint density at radius 2 is 1.92 bits per heavy atom. The topological polar surface area (TPSA) is 54.4 Å². The van der Waals surface area contributed by atoms with E-state index >= 15 is 0 Å². The smallest absolute Gasteiger partial charge is 0.182 e. The third-order valence-electron chi connectivity index (χ3n) is 8.76. The minimum absolute atomic E-state index is 0.103. The molecule has 0 aromatic carbocycles. The second-order valence-corrected chi connectivity index (χ2v) is 9.88. The first-order valence-electron chi connectivity index (χ1n) is 9.74. The molecule has 0 amide bonds. The fraction of sp³-hybridized carbons (Fsp3) is 0.636. The van der Waals surface area contributed by atoms with E-state index in [9.17, 15) is 14.7 Å². The van der Waals surface area contributed by atoms with Crippen molar-refractivity contribution >= 4 is 23.2 Å². The summed E-state index contributed by atoms with van der Waals surface area (Å²) in [6, 6.07) is 0. The lowest BCUT2D eigenvalue weighted by molar-refractivity contribution is -0.155. The molecule has 0 aliphatic heterocycles. The molecular weight excluding hydrogens is 348 g/mol. The summed E-state index contributed by atoms with van der Waals surface area (Å²) in [5, 5.41) is 11.9. The minimum Gasteiger partial charge on any atom is -0.382 e. The molecule has 5 aliphatic carbocycles. The maximum absolute atomic E-state index is 12.3. The predicted octanol–water partition coefficient (Wildman–Crippen LogP) is 4.10. The molecule has 0 heterocycles. The molecule has 0 bridgehead atoms. The molecule has 0 saturated heterocycles. The van der Waals surface area contributed by atoms with Crippen LogP contribution in [0.5, 0.6) is 0 Å². The predicted molar refractivity (Wildman–Crippen MR) is 99.5 cm³/mol. The highest BCUT2D eigenvalue weighted by molar-refractivity contribution is 6.33. The molecule has 2 fully saturated rings. The molecule has 0 radical (unpaired) electrons. The largest absolute Gasteiger partial charge is 0.382 e. The Bertz CT molecular complexity index is 865. The van der Waals surface area contributed by atoms with Crippen molar-refractivity contribution in [1.29, 1.82) is 0 Å². The SMILES string of the molecule is CC(=O)[C@@]1(O)CC[C@H]2[C@@H]3C=C(Cl)C4=CC(=O)C5=C(C5)[C@]4(C)[C@H]3CC[C@@]21C. The van der Waals surface area contributed by atoms with Gasteiger partial charge in [0, 0.05) is 21.4 Å². The molecule has 0 unspecified atom stereocenters. The molecule has 1 N–H and O–H groups in total. The first-order valence-corrected chi connectivity index (χ1v) is 10.1. The summed E-state index contributed by atoms with van der Waals surface area (Å²) in [5.41, 5.74) is 1.50. The van der Waals surface area contributed by atoms with Crippen molar-refractivity contribution in [2.45, 2.75) is 58.5 Å². The number of fused-ring (bicyclic) bond motifs is 6. The fourth-order valence-electron chi connectivity index (χ4n) is 7.09. The van der Waals surface area contributed by atoms with E-state index in [1.54, 1.807) is 6.08 Å². The molecule has 0 aromatic heterocycles. The van der Waals surface area contributed by atoms with E-state index in [4.69, 9.17) is 11.6 Å². The van der Waals surface area contributed by atoms with Crippen LogP contribution in [0, 0.1) is 28.6 Å². The number of ketones is 2. The number of halogens is 1. The van der Waals surface area contributed by atoms with Gasteiger partial charge < -0.3 is 5.11 Å². The summed E-state index contributed by atoms with van der Waals surface area (Å²) < 4.78 is 0. The van der Waals surface area contributed by atoms with Crippen molar-refractivity contribution < 1.29 is 14.7 Å². The Kier molecular flexibility index (Phi) is 3.13. The zero-order chi connectivity index (χ0) is 18.6. The van der Waals surface area contributed by atoms with Gasteiger partial charge in [0.25, 0.3) is 0 Å². The van der Waals surface area contributed by atoms with Gasteiger partial charge in [-0.2, -0.15) is 0 Å². The molecule has 6 atom stereocenters. The highest BCUT2D eigenvalue weighted by atomic mass is 35.5. The Hall–Kier alpha value is -1.19. The zero-order valence-corrected chi connectivity index (χ0v) is 16.3. The van der Waals surface area contributed by atoms with Crippen molar-refractivity contribution in [3.8, 4) is 0 Å². The standard InChI is InChI=1S/C22H25ClO3/c1-11(24)22(26)7-5-14-12-9-18(23)17-10-19(25)13-8-16(13)21(17,3)15(12)4-6-20(14,22)2/h9-10,12,14-15,26H,4-8H2,1-3H3/t12-,14-,15-,20-,21-,22-/m0/s1. The number of allylic oxidation sites excluding steroid dienone is 6. The van der Waals surface area contributed by atoms with Crippen LogP contribution < -0.4 is 0 Å². The molecule has 5 aliphatic rings. The van der Waals surface area contributed by atoms with Crippen LogP contribution in [0.2, 0.25) is 0 Å². The number of hydrogen-bond acceptors (Lipinski definition) is 3. The first kappa shape index (κ1) is 16.9. The zero-order valence-electron chi connectivity index (χ0n) is 15.6. The second-order valence-electron chi connectivity index (χ2n) is 9.47. The van der Waals surface area contributed by atoms with Gasteiger partial charge in [0.1, 0.15) is 5.60 Å². The normalized spacial score (nSPS) is 48.8. The summed E-state index contributed by atoms with van der Waals surface area (Å²) >= 11 is 6.71. The van der Waals surface area contributed by atoms with E-state index in [0.717, 1.165) is 36.8 Å². The van der Waals surface area contributed by atoms with Crippen LogP contribution in [0.15, 0.2) is 33.9 Å². The van der Waals surface area contributed by atoms with Crippen LogP contribution in [0.1, 0.15) is 52.9 Å². The van der Waals surface area contributed by atoms with Gasteiger partial charge in [-0.1, -0.05) is 31.5 Å². The van der Waals surface area contributed by atoms with E-state index in [0.29, 0.717) is 17.4 Å². The van der Waals surface area contributed by atoms with Gasteiger partial charge in [-0.15, -0.1) is 0 Å². The van der Waals surface area contributed by atoms with Crippen LogP contribution in [0.3, 0.4) is 0 Å². The second kappa shape index (κ2) is 4.80. The average Bonchev–Trinajstić information content (AvgIpc) is 3.33. The quantitative estimate of drug-likeness (QED) is 0.753. The van der Waals surface area contributed by atoms with Crippen molar-refractivity contribution in [3.05, 3.63) is 33.9 Å². The fourth-order valence-corrected chi connectivity index (χ4v) is 7.49. The molecule has 2 saturated carbocycles. The number of aliphatic hydroxyl groups is 1. The number of carbonyl (C=O) groups excluding carboxylic acids is 2. The van der Waals surface area contributed by atoms with Crippen LogP contribution >= 0.6 is 11.6 Å². The van der Waals surface area contributed by atoms with Crippen LogP contribution in [-0.4, -0.2) is 22.3 Å². The number of rotatable bonds is 1. The van der Waals surface area contributed by atoms with E-state index in [-0.39, 0.29) is 28.8 Å². The van der Waals surface area contributed by atoms with Crippen LogP contribution in [0.4, 0.5) is 0 Å². The maximum Gasteiger partial charge on any atom is 0.182 e. The highest BCUT2D eigenvalue weighted by Gasteiger charge is 2.66. The summed E-state index contributed by atoms with van der Waals surface area (Å²) in [5.74, 6) is 0.922. The Balaban J connectivity index is 1.63. The van der Waals surface area contributed by atoms with Crippen molar-refractivity contribution in [2.24, 2.45) is 28.6 Å². The summed E-state index contributed by atoms with van der Waals surface area (Å²) in [7, 11) is 0. The Morgan fingerprint density at radius 1 is 1.23 bits per heavy atom. The molecule has 26 heavy (non-hydrogen) atoms. The number of carbonyl (C=O) groups is 2. The average molecular weight is 373 g/mol. The lowest BCUT2D eigenvalue weighted by Crippen LogP contribution is -2.56. The van der Waals surface area contributed by atoms with Gasteiger partial charge >= 0.3 is 0 Å². The van der Waals surface area contributed by atoms with Gasteiger partial charge in [-0.3, -0.25) is 9.59 Å². The van der Waals surface area contributed by atoms with Crippen LogP contribution in [0.25, 0.3) is 0 Å². The summed E-state index contributed by atoms with van der Waals surface area (Å²) in [4.78, 5) is 24.5. The van der Waals surface area contributed by atoms with Crippen molar-refractivity contribution in [3.63, 3.8) is 0 Å². The van der Waals surface area contributed by atoms with Gasteiger partial charge in [0.05, 0.1) is 0 Å². The van der Waals surface area contributed by atoms with Crippen molar-refractivity contribution in [1.82, 2.24) is 0 Å². The number of Topliss-reactive ketones (excluding diaryl/α,β-unsaturated/α-hetero) is 1. The van der Waals surface area contributed by atoms with E-state index in [1.807, 2.05) is 0 Å². The molecule has 138 valence electrons.